The van der Waals surface area contributed by atoms with Gasteiger partial charge in [-0.2, -0.15) is 5.10 Å². The maximum absolute atomic E-state index is 14.4. The fraction of sp³-hybridized carbons (Fsp3) is 0.400. The molecule has 0 unspecified atom stereocenters. The summed E-state index contributed by atoms with van der Waals surface area (Å²) in [5.41, 5.74) is 6.40. The van der Waals surface area contributed by atoms with Gasteiger partial charge in [0.05, 0.1) is 17.7 Å². The monoisotopic (exact) mass is 401 g/mol. The van der Waals surface area contributed by atoms with E-state index < -0.39 is 0 Å². The Labute approximate surface area is 168 Å². The lowest BCUT2D eigenvalue weighted by molar-refractivity contribution is -0.118. The third-order valence-corrected chi connectivity index (χ3v) is 5.32. The lowest BCUT2D eigenvalue weighted by atomic mass is 10.1. The van der Waals surface area contributed by atoms with Crippen LogP contribution in [0.2, 0.25) is 0 Å². The predicted octanol–water partition coefficient (Wildman–Crippen LogP) is 3.38. The van der Waals surface area contributed by atoms with E-state index in [1.807, 2.05) is 32.9 Å². The van der Waals surface area contributed by atoms with Gasteiger partial charge >= 0.3 is 0 Å². The molecule has 0 saturated carbocycles. The number of nitrogens with zero attached hydrogens (tertiary/aromatic N) is 4. The van der Waals surface area contributed by atoms with Crippen molar-refractivity contribution in [2.24, 2.45) is 5.10 Å². The minimum atomic E-state index is -0.268. The smallest absolute Gasteiger partial charge is 0.250 e. The molecule has 1 fully saturated rings. The number of benzene rings is 1. The minimum absolute atomic E-state index is 0.154. The highest BCUT2D eigenvalue weighted by atomic mass is 32.2. The zero-order chi connectivity index (χ0) is 20.1. The van der Waals surface area contributed by atoms with Gasteiger partial charge in [-0.3, -0.25) is 4.79 Å². The molecule has 1 aromatic carbocycles. The molecule has 1 aromatic heterocycles. The summed E-state index contributed by atoms with van der Waals surface area (Å²) in [5, 5.41) is 4.52. The van der Waals surface area contributed by atoms with E-state index in [2.05, 4.69) is 25.4 Å². The number of halogens is 1. The maximum atomic E-state index is 14.4. The zero-order valence-electron chi connectivity index (χ0n) is 16.3. The molecular formula is C20H24FN5OS. The summed E-state index contributed by atoms with van der Waals surface area (Å²) >= 11 is 1.25. The summed E-state index contributed by atoms with van der Waals surface area (Å²) in [6.07, 6.45) is 3.67. The second-order valence-electron chi connectivity index (χ2n) is 6.87. The van der Waals surface area contributed by atoms with Gasteiger partial charge in [0.1, 0.15) is 5.82 Å². The van der Waals surface area contributed by atoms with Crippen molar-refractivity contribution in [2.75, 3.05) is 23.7 Å². The Morgan fingerprint density at radius 1 is 1.21 bits per heavy atom. The van der Waals surface area contributed by atoms with Gasteiger partial charge in [-0.15, -0.1) is 0 Å². The van der Waals surface area contributed by atoms with Crippen LogP contribution in [0.4, 0.5) is 10.1 Å². The lowest BCUT2D eigenvalue weighted by Gasteiger charge is -2.19. The van der Waals surface area contributed by atoms with Crippen LogP contribution in [0, 0.1) is 26.6 Å². The van der Waals surface area contributed by atoms with Crippen molar-refractivity contribution in [3.8, 4) is 0 Å². The van der Waals surface area contributed by atoms with E-state index in [0.29, 0.717) is 16.4 Å². The first-order valence-electron chi connectivity index (χ1n) is 9.24. The number of anilines is 1. The van der Waals surface area contributed by atoms with Crippen molar-refractivity contribution in [3.05, 3.63) is 46.5 Å². The fourth-order valence-corrected chi connectivity index (χ4v) is 3.86. The Morgan fingerprint density at radius 3 is 2.57 bits per heavy atom. The maximum Gasteiger partial charge on any atom is 0.250 e. The number of hydrazone groups is 1. The number of amides is 1. The second kappa shape index (κ2) is 9.14. The standard InChI is InChI=1S/C20H24FN5OS/c1-13-8-18(26-6-4-5-7-26)17(21)10-16(13)11-22-25-19(27)12-28-20-23-14(2)9-15(3)24-20/h8-11H,4-7,12H2,1-3H3,(H,25,27)/b22-11-. The van der Waals surface area contributed by atoms with E-state index >= 15 is 0 Å². The van der Waals surface area contributed by atoms with Crippen LogP contribution < -0.4 is 10.3 Å². The number of carbonyl (C=O) groups is 1. The first kappa shape index (κ1) is 20.3. The Morgan fingerprint density at radius 2 is 1.89 bits per heavy atom. The van der Waals surface area contributed by atoms with Crippen molar-refractivity contribution < 1.29 is 9.18 Å². The van der Waals surface area contributed by atoms with E-state index in [0.717, 1.165) is 42.9 Å². The number of hydrogen-bond acceptors (Lipinski definition) is 6. The molecule has 8 heteroatoms. The van der Waals surface area contributed by atoms with Crippen molar-refractivity contribution in [1.29, 1.82) is 0 Å². The van der Waals surface area contributed by atoms with Crippen LogP contribution in [0.5, 0.6) is 0 Å². The van der Waals surface area contributed by atoms with Crippen molar-refractivity contribution >= 4 is 29.6 Å². The molecule has 148 valence electrons. The predicted molar refractivity (Wildman–Crippen MR) is 111 cm³/mol. The highest BCUT2D eigenvalue weighted by Gasteiger charge is 2.17. The van der Waals surface area contributed by atoms with Gasteiger partial charge in [0.2, 0.25) is 0 Å². The van der Waals surface area contributed by atoms with Gasteiger partial charge < -0.3 is 4.90 Å². The van der Waals surface area contributed by atoms with Crippen LogP contribution in [0.3, 0.4) is 0 Å². The number of hydrogen-bond donors (Lipinski definition) is 1. The molecular weight excluding hydrogens is 377 g/mol. The van der Waals surface area contributed by atoms with E-state index in [-0.39, 0.29) is 17.5 Å². The molecule has 2 heterocycles. The summed E-state index contributed by atoms with van der Waals surface area (Å²) in [6.45, 7) is 7.47. The normalized spacial score (nSPS) is 14.1. The van der Waals surface area contributed by atoms with Crippen LogP contribution in [-0.2, 0) is 4.79 Å². The molecule has 0 atom stereocenters. The zero-order valence-corrected chi connectivity index (χ0v) is 17.1. The highest BCUT2D eigenvalue weighted by Crippen LogP contribution is 2.26. The highest BCUT2D eigenvalue weighted by molar-refractivity contribution is 7.99. The van der Waals surface area contributed by atoms with Gasteiger partial charge in [0.25, 0.3) is 5.91 Å². The third-order valence-electron chi connectivity index (χ3n) is 4.47. The molecule has 6 nitrogen and oxygen atoms in total. The Bertz CT molecular complexity index is 876. The Balaban J connectivity index is 1.56. The molecule has 2 aromatic rings. The summed E-state index contributed by atoms with van der Waals surface area (Å²) in [4.78, 5) is 22.6. The summed E-state index contributed by atoms with van der Waals surface area (Å²) in [5.74, 6) is -0.375. The average Bonchev–Trinajstić information content (AvgIpc) is 3.16. The molecule has 1 aliphatic heterocycles. The number of aromatic nitrogens is 2. The number of thioether (sulfide) groups is 1. The molecule has 1 amide bonds. The molecule has 1 N–H and O–H groups in total. The first-order valence-corrected chi connectivity index (χ1v) is 10.2. The average molecular weight is 402 g/mol. The van der Waals surface area contributed by atoms with Gasteiger partial charge in [0, 0.05) is 30.0 Å². The third kappa shape index (κ3) is 5.28. The number of carbonyl (C=O) groups excluding carboxylic acids is 1. The second-order valence-corrected chi connectivity index (χ2v) is 7.81. The summed E-state index contributed by atoms with van der Waals surface area (Å²) in [6, 6.07) is 5.19. The van der Waals surface area contributed by atoms with Gasteiger partial charge in [0.15, 0.2) is 5.16 Å². The summed E-state index contributed by atoms with van der Waals surface area (Å²) in [7, 11) is 0. The summed E-state index contributed by atoms with van der Waals surface area (Å²) < 4.78 is 14.4. The molecule has 0 radical (unpaired) electrons. The lowest BCUT2D eigenvalue weighted by Crippen LogP contribution is -2.20. The van der Waals surface area contributed by atoms with Gasteiger partial charge in [-0.25, -0.2) is 19.8 Å². The minimum Gasteiger partial charge on any atom is -0.369 e. The Kier molecular flexibility index (Phi) is 6.61. The quantitative estimate of drug-likeness (QED) is 0.348. The molecule has 0 spiro atoms. The molecule has 1 aliphatic rings. The van der Waals surface area contributed by atoms with Crippen LogP contribution in [0.25, 0.3) is 0 Å². The van der Waals surface area contributed by atoms with Crippen molar-refractivity contribution in [2.45, 2.75) is 38.8 Å². The van der Waals surface area contributed by atoms with Gasteiger partial charge in [-0.1, -0.05) is 11.8 Å². The van der Waals surface area contributed by atoms with Crippen LogP contribution >= 0.6 is 11.8 Å². The molecule has 28 heavy (non-hydrogen) atoms. The molecule has 0 bridgehead atoms. The first-order chi connectivity index (χ1) is 13.4. The van der Waals surface area contributed by atoms with Crippen LogP contribution in [0.15, 0.2) is 28.5 Å². The van der Waals surface area contributed by atoms with E-state index in [9.17, 15) is 9.18 Å². The fourth-order valence-electron chi connectivity index (χ4n) is 3.12. The molecule has 3 rings (SSSR count). The topological polar surface area (TPSA) is 70.5 Å². The molecule has 0 aliphatic carbocycles. The number of rotatable bonds is 6. The number of nitrogens with one attached hydrogen (secondary N) is 1. The van der Waals surface area contributed by atoms with Crippen LogP contribution in [-0.4, -0.2) is 40.9 Å². The van der Waals surface area contributed by atoms with E-state index in [1.54, 1.807) is 0 Å². The van der Waals surface area contributed by atoms with E-state index in [4.69, 9.17) is 0 Å². The van der Waals surface area contributed by atoms with Crippen LogP contribution in [0.1, 0.15) is 35.4 Å². The van der Waals surface area contributed by atoms with Gasteiger partial charge in [-0.05, 0) is 57.4 Å². The van der Waals surface area contributed by atoms with Crippen molar-refractivity contribution in [1.82, 2.24) is 15.4 Å². The largest absolute Gasteiger partial charge is 0.369 e. The van der Waals surface area contributed by atoms with E-state index in [1.165, 1.54) is 24.0 Å². The van der Waals surface area contributed by atoms with Crippen molar-refractivity contribution in [3.63, 3.8) is 0 Å². The SMILES string of the molecule is Cc1cc(C)nc(SCC(=O)N/N=C\c2cc(F)c(N3CCCC3)cc2C)n1. The number of aryl methyl sites for hydroxylation is 3. The Hall–Kier alpha value is -2.48. The molecule has 1 saturated heterocycles.